The van der Waals surface area contributed by atoms with Gasteiger partial charge < -0.3 is 10.6 Å². The van der Waals surface area contributed by atoms with Crippen molar-refractivity contribution in [2.45, 2.75) is 44.7 Å². The number of nitrogens with zero attached hydrogens (tertiary/aromatic N) is 2. The van der Waals surface area contributed by atoms with Gasteiger partial charge in [-0.25, -0.2) is 8.42 Å². The third kappa shape index (κ3) is 6.66. The molecule has 1 aliphatic heterocycles. The molecule has 6 nitrogen and oxygen atoms in total. The number of piperidine rings is 1. The van der Waals surface area contributed by atoms with Crippen molar-refractivity contribution in [1.82, 2.24) is 14.9 Å². The van der Waals surface area contributed by atoms with Gasteiger partial charge in [-0.05, 0) is 55.5 Å². The highest BCUT2D eigenvalue weighted by molar-refractivity contribution is 14.0. The molecule has 1 aromatic carbocycles. The van der Waals surface area contributed by atoms with Crippen molar-refractivity contribution in [2.24, 2.45) is 10.9 Å². The molecule has 0 amide bonds. The standard InChI is InChI=1S/C21H30N4O2S2.HI/c1-16-5-4-12-25(15-16)29(26,27)20-10-7-18(8-11-20)13-23-21(22-3)24-14-19-9-6-17(2)28-19;/h6-11,16H,4-5,12-15H2,1-3H3,(H2,22,23,24);1H. The summed E-state index contributed by atoms with van der Waals surface area (Å²) in [7, 11) is -1.67. The first-order chi connectivity index (χ1) is 13.9. The third-order valence-corrected chi connectivity index (χ3v) is 7.97. The molecular weight excluding hydrogens is 531 g/mol. The molecule has 2 aromatic rings. The number of hydrogen-bond donors (Lipinski definition) is 2. The second-order valence-electron chi connectivity index (χ2n) is 7.55. The topological polar surface area (TPSA) is 73.8 Å². The van der Waals surface area contributed by atoms with E-state index in [2.05, 4.69) is 41.6 Å². The van der Waals surface area contributed by atoms with Crippen molar-refractivity contribution in [2.75, 3.05) is 20.1 Å². The summed E-state index contributed by atoms with van der Waals surface area (Å²) in [6.07, 6.45) is 2.03. The average molecular weight is 563 g/mol. The number of rotatable bonds is 6. The summed E-state index contributed by atoms with van der Waals surface area (Å²) in [6, 6.07) is 11.4. The van der Waals surface area contributed by atoms with Crippen molar-refractivity contribution in [1.29, 1.82) is 0 Å². The van der Waals surface area contributed by atoms with Crippen LogP contribution < -0.4 is 10.6 Å². The molecule has 2 N–H and O–H groups in total. The molecule has 9 heteroatoms. The average Bonchev–Trinajstić information content (AvgIpc) is 3.13. The maximum atomic E-state index is 12.9. The van der Waals surface area contributed by atoms with Crippen LogP contribution >= 0.6 is 35.3 Å². The van der Waals surface area contributed by atoms with Crippen LogP contribution in [-0.4, -0.2) is 38.8 Å². The van der Waals surface area contributed by atoms with Gasteiger partial charge in [-0.1, -0.05) is 19.1 Å². The molecule has 3 rings (SSSR count). The Morgan fingerprint density at radius 1 is 1.17 bits per heavy atom. The van der Waals surface area contributed by atoms with E-state index in [4.69, 9.17) is 0 Å². The quantitative estimate of drug-likeness (QED) is 0.318. The van der Waals surface area contributed by atoms with E-state index in [0.29, 0.717) is 30.4 Å². The molecule has 1 fully saturated rings. The fraction of sp³-hybridized carbons (Fsp3) is 0.476. The van der Waals surface area contributed by atoms with E-state index in [9.17, 15) is 8.42 Å². The monoisotopic (exact) mass is 562 g/mol. The second-order valence-corrected chi connectivity index (χ2v) is 10.9. The minimum atomic E-state index is -3.41. The van der Waals surface area contributed by atoms with Crippen LogP contribution in [0.1, 0.15) is 35.1 Å². The van der Waals surface area contributed by atoms with Gasteiger partial charge in [0.2, 0.25) is 10.0 Å². The van der Waals surface area contributed by atoms with Gasteiger partial charge >= 0.3 is 0 Å². The van der Waals surface area contributed by atoms with E-state index in [-0.39, 0.29) is 24.0 Å². The van der Waals surface area contributed by atoms with Crippen molar-refractivity contribution in [3.05, 3.63) is 51.7 Å². The summed E-state index contributed by atoms with van der Waals surface area (Å²) in [6.45, 7) is 6.72. The summed E-state index contributed by atoms with van der Waals surface area (Å²) in [5.74, 6) is 1.13. The van der Waals surface area contributed by atoms with Crippen LogP contribution in [0.15, 0.2) is 46.3 Å². The number of aliphatic imine (C=N–C) groups is 1. The first-order valence-electron chi connectivity index (χ1n) is 9.97. The van der Waals surface area contributed by atoms with Crippen LogP contribution in [0.3, 0.4) is 0 Å². The smallest absolute Gasteiger partial charge is 0.243 e. The number of hydrogen-bond acceptors (Lipinski definition) is 4. The van der Waals surface area contributed by atoms with Gasteiger partial charge in [0.05, 0.1) is 11.4 Å². The lowest BCUT2D eigenvalue weighted by Crippen LogP contribution is -2.39. The van der Waals surface area contributed by atoms with Crippen molar-refractivity contribution in [3.63, 3.8) is 0 Å². The van der Waals surface area contributed by atoms with Crippen molar-refractivity contribution in [3.8, 4) is 0 Å². The Labute approximate surface area is 201 Å². The summed E-state index contributed by atoms with van der Waals surface area (Å²) >= 11 is 1.76. The Balaban J connectivity index is 0.00000320. The van der Waals surface area contributed by atoms with E-state index >= 15 is 0 Å². The van der Waals surface area contributed by atoms with Gasteiger partial charge in [-0.2, -0.15) is 4.31 Å². The minimum absolute atomic E-state index is 0. The summed E-state index contributed by atoms with van der Waals surface area (Å²) in [5, 5.41) is 6.57. The van der Waals surface area contributed by atoms with E-state index in [1.807, 2.05) is 12.1 Å². The predicted octanol–water partition coefficient (Wildman–Crippen LogP) is 3.96. The molecule has 1 unspecified atom stereocenters. The molecule has 0 radical (unpaired) electrons. The largest absolute Gasteiger partial charge is 0.352 e. The van der Waals surface area contributed by atoms with Crippen LogP contribution in [0.5, 0.6) is 0 Å². The number of nitrogens with one attached hydrogen (secondary N) is 2. The van der Waals surface area contributed by atoms with Gasteiger partial charge in [-0.15, -0.1) is 35.3 Å². The molecule has 0 spiro atoms. The first kappa shape index (κ1) is 25.1. The maximum absolute atomic E-state index is 12.9. The van der Waals surface area contributed by atoms with Crippen LogP contribution in [-0.2, 0) is 23.1 Å². The maximum Gasteiger partial charge on any atom is 0.243 e. The Morgan fingerprint density at radius 3 is 2.47 bits per heavy atom. The van der Waals surface area contributed by atoms with E-state index in [1.54, 1.807) is 34.8 Å². The minimum Gasteiger partial charge on any atom is -0.352 e. The Hall–Kier alpha value is -1.17. The lowest BCUT2D eigenvalue weighted by atomic mass is 10.0. The Kier molecular flexibility index (Phi) is 9.58. The zero-order valence-electron chi connectivity index (χ0n) is 17.7. The lowest BCUT2D eigenvalue weighted by molar-refractivity contribution is 0.281. The highest BCUT2D eigenvalue weighted by Gasteiger charge is 2.28. The number of benzene rings is 1. The van der Waals surface area contributed by atoms with Crippen molar-refractivity contribution < 1.29 is 8.42 Å². The summed E-state index contributed by atoms with van der Waals surface area (Å²) in [5.41, 5.74) is 1.01. The summed E-state index contributed by atoms with van der Waals surface area (Å²) in [4.78, 5) is 7.16. The molecular formula is C21H31IN4O2S2. The highest BCUT2D eigenvalue weighted by atomic mass is 127. The zero-order valence-corrected chi connectivity index (χ0v) is 21.7. The number of halogens is 1. The molecule has 1 saturated heterocycles. The van der Waals surface area contributed by atoms with Crippen LogP contribution in [0, 0.1) is 12.8 Å². The molecule has 2 heterocycles. The molecule has 0 saturated carbocycles. The van der Waals surface area contributed by atoms with Gasteiger partial charge in [0.1, 0.15) is 0 Å². The summed E-state index contributed by atoms with van der Waals surface area (Å²) < 4.78 is 27.3. The number of thiophene rings is 1. The first-order valence-corrected chi connectivity index (χ1v) is 12.2. The van der Waals surface area contributed by atoms with Gasteiger partial charge in [0.25, 0.3) is 0 Å². The van der Waals surface area contributed by atoms with Gasteiger partial charge in [-0.3, -0.25) is 4.99 Å². The fourth-order valence-electron chi connectivity index (χ4n) is 3.45. The normalized spacial score (nSPS) is 18.0. The third-order valence-electron chi connectivity index (χ3n) is 5.09. The Morgan fingerprint density at radius 2 is 1.87 bits per heavy atom. The van der Waals surface area contributed by atoms with Crippen LogP contribution in [0.25, 0.3) is 0 Å². The van der Waals surface area contributed by atoms with Crippen LogP contribution in [0.4, 0.5) is 0 Å². The van der Waals surface area contributed by atoms with Gasteiger partial charge in [0, 0.05) is 36.4 Å². The highest BCUT2D eigenvalue weighted by Crippen LogP contribution is 2.23. The van der Waals surface area contributed by atoms with E-state index < -0.39 is 10.0 Å². The second kappa shape index (κ2) is 11.4. The van der Waals surface area contributed by atoms with Gasteiger partial charge in [0.15, 0.2) is 5.96 Å². The number of sulfonamides is 1. The SMILES string of the molecule is CN=C(NCc1ccc(S(=O)(=O)N2CCCC(C)C2)cc1)NCc1ccc(C)s1.I. The Bertz CT molecular complexity index is 942. The lowest BCUT2D eigenvalue weighted by Gasteiger charge is -2.30. The van der Waals surface area contributed by atoms with Crippen LogP contribution in [0.2, 0.25) is 0 Å². The molecule has 166 valence electrons. The number of aryl methyl sites for hydroxylation is 1. The molecule has 0 aliphatic carbocycles. The molecule has 1 aliphatic rings. The fourth-order valence-corrected chi connectivity index (χ4v) is 5.88. The predicted molar refractivity (Wildman–Crippen MR) is 135 cm³/mol. The van der Waals surface area contributed by atoms with Crippen molar-refractivity contribution >= 4 is 51.3 Å². The molecule has 1 aromatic heterocycles. The molecule has 30 heavy (non-hydrogen) atoms. The van der Waals surface area contributed by atoms with E-state index in [0.717, 1.165) is 30.9 Å². The number of guanidine groups is 1. The van der Waals surface area contributed by atoms with E-state index in [1.165, 1.54) is 9.75 Å². The zero-order chi connectivity index (χ0) is 20.9. The molecule has 1 atom stereocenters. The molecule has 0 bridgehead atoms.